The molecule has 0 amide bonds. The summed E-state index contributed by atoms with van der Waals surface area (Å²) < 4.78 is 7.80. The van der Waals surface area contributed by atoms with E-state index in [1.54, 1.807) is 0 Å². The minimum absolute atomic E-state index is 0.244. The Morgan fingerprint density at radius 2 is 2.12 bits per heavy atom. The molecule has 17 heavy (non-hydrogen) atoms. The number of nitrogens with zero attached hydrogens (tertiary/aromatic N) is 2. The van der Waals surface area contributed by atoms with Crippen LogP contribution in [-0.4, -0.2) is 28.3 Å². The summed E-state index contributed by atoms with van der Waals surface area (Å²) in [7, 11) is 0. The molecule has 4 nitrogen and oxygen atoms in total. The molecule has 2 aliphatic heterocycles. The molecular formula is C13H21N3O. The van der Waals surface area contributed by atoms with E-state index < -0.39 is 0 Å². The second kappa shape index (κ2) is 4.02. The number of ether oxygens (including phenoxy) is 1. The maximum atomic E-state index is 5.46. The zero-order chi connectivity index (χ0) is 11.9. The SMILES string of the molecule is CC(C)c1cnc2n1CCC1(CCOCC1)N2. The van der Waals surface area contributed by atoms with Gasteiger partial charge >= 0.3 is 0 Å². The fourth-order valence-corrected chi connectivity index (χ4v) is 2.95. The van der Waals surface area contributed by atoms with Crippen LogP contribution in [-0.2, 0) is 11.3 Å². The smallest absolute Gasteiger partial charge is 0.203 e. The summed E-state index contributed by atoms with van der Waals surface area (Å²) in [5.74, 6) is 1.60. The first-order valence-electron chi connectivity index (χ1n) is 6.62. The van der Waals surface area contributed by atoms with Crippen molar-refractivity contribution < 1.29 is 4.74 Å². The number of rotatable bonds is 1. The van der Waals surface area contributed by atoms with Crippen LogP contribution in [0.3, 0.4) is 0 Å². The van der Waals surface area contributed by atoms with Crippen molar-refractivity contribution in [2.45, 2.75) is 51.1 Å². The summed E-state index contributed by atoms with van der Waals surface area (Å²) in [4.78, 5) is 4.54. The van der Waals surface area contributed by atoms with Gasteiger partial charge in [-0.15, -0.1) is 0 Å². The molecule has 0 unspecified atom stereocenters. The van der Waals surface area contributed by atoms with E-state index in [0.717, 1.165) is 38.5 Å². The fourth-order valence-electron chi connectivity index (χ4n) is 2.95. The normalized spacial score (nSPS) is 22.5. The highest BCUT2D eigenvalue weighted by molar-refractivity contribution is 5.37. The van der Waals surface area contributed by atoms with Crippen LogP contribution in [0.25, 0.3) is 0 Å². The summed E-state index contributed by atoms with van der Waals surface area (Å²) in [6.07, 6.45) is 5.43. The lowest BCUT2D eigenvalue weighted by molar-refractivity contribution is 0.0532. The molecule has 0 radical (unpaired) electrons. The maximum Gasteiger partial charge on any atom is 0.203 e. The third-order valence-electron chi connectivity index (χ3n) is 4.12. The largest absolute Gasteiger partial charge is 0.381 e. The summed E-state index contributed by atoms with van der Waals surface area (Å²) in [6.45, 7) is 7.30. The number of anilines is 1. The molecule has 0 atom stereocenters. The van der Waals surface area contributed by atoms with Gasteiger partial charge in [0.2, 0.25) is 5.95 Å². The molecule has 1 aromatic heterocycles. The van der Waals surface area contributed by atoms with Crippen LogP contribution >= 0.6 is 0 Å². The van der Waals surface area contributed by atoms with E-state index in [9.17, 15) is 0 Å². The van der Waals surface area contributed by atoms with Gasteiger partial charge < -0.3 is 14.6 Å². The van der Waals surface area contributed by atoms with Crippen molar-refractivity contribution in [3.8, 4) is 0 Å². The van der Waals surface area contributed by atoms with Gasteiger partial charge in [-0.2, -0.15) is 0 Å². The molecule has 1 aromatic rings. The van der Waals surface area contributed by atoms with Gasteiger partial charge in [-0.3, -0.25) is 0 Å². The first-order valence-corrected chi connectivity index (χ1v) is 6.62. The zero-order valence-corrected chi connectivity index (χ0v) is 10.7. The quantitative estimate of drug-likeness (QED) is 0.812. The van der Waals surface area contributed by atoms with Crippen LogP contribution in [0.1, 0.15) is 44.7 Å². The Labute approximate surface area is 102 Å². The molecule has 3 rings (SSSR count). The van der Waals surface area contributed by atoms with E-state index in [4.69, 9.17) is 4.74 Å². The Bertz CT molecular complexity index is 405. The van der Waals surface area contributed by atoms with Crippen LogP contribution in [0.2, 0.25) is 0 Å². The van der Waals surface area contributed by atoms with Crippen LogP contribution in [0, 0.1) is 0 Å². The zero-order valence-electron chi connectivity index (χ0n) is 10.7. The van der Waals surface area contributed by atoms with Gasteiger partial charge in [-0.25, -0.2) is 4.98 Å². The van der Waals surface area contributed by atoms with Gasteiger partial charge in [0, 0.05) is 31.0 Å². The fraction of sp³-hybridized carbons (Fsp3) is 0.769. The predicted molar refractivity (Wildman–Crippen MR) is 67.3 cm³/mol. The molecule has 1 N–H and O–H groups in total. The molecule has 1 spiro atoms. The average molecular weight is 235 g/mol. The van der Waals surface area contributed by atoms with Gasteiger partial charge in [0.1, 0.15) is 0 Å². The highest BCUT2D eigenvalue weighted by Gasteiger charge is 2.36. The Balaban J connectivity index is 1.86. The molecule has 3 heterocycles. The minimum atomic E-state index is 0.244. The van der Waals surface area contributed by atoms with Crippen molar-refractivity contribution in [2.75, 3.05) is 18.5 Å². The third kappa shape index (κ3) is 1.84. The molecule has 1 fully saturated rings. The molecule has 2 aliphatic rings. The van der Waals surface area contributed by atoms with Crippen LogP contribution < -0.4 is 5.32 Å². The van der Waals surface area contributed by atoms with Crippen molar-refractivity contribution in [3.63, 3.8) is 0 Å². The molecule has 0 bridgehead atoms. The van der Waals surface area contributed by atoms with Crippen molar-refractivity contribution >= 4 is 5.95 Å². The van der Waals surface area contributed by atoms with Crippen molar-refractivity contribution in [1.29, 1.82) is 0 Å². The summed E-state index contributed by atoms with van der Waals surface area (Å²) in [5, 5.41) is 3.66. The first kappa shape index (κ1) is 11.1. The van der Waals surface area contributed by atoms with E-state index in [1.807, 2.05) is 6.20 Å². The molecule has 0 saturated carbocycles. The average Bonchev–Trinajstić information content (AvgIpc) is 2.72. The Hall–Kier alpha value is -1.03. The van der Waals surface area contributed by atoms with Gasteiger partial charge in [-0.05, 0) is 25.2 Å². The second-order valence-corrected chi connectivity index (χ2v) is 5.58. The molecule has 0 aromatic carbocycles. The monoisotopic (exact) mass is 235 g/mol. The van der Waals surface area contributed by atoms with Crippen LogP contribution in [0.4, 0.5) is 5.95 Å². The van der Waals surface area contributed by atoms with Gasteiger partial charge in [-0.1, -0.05) is 13.8 Å². The van der Waals surface area contributed by atoms with Gasteiger partial charge in [0.15, 0.2) is 0 Å². The number of nitrogens with one attached hydrogen (secondary N) is 1. The second-order valence-electron chi connectivity index (χ2n) is 5.58. The molecule has 0 aliphatic carbocycles. The first-order chi connectivity index (χ1) is 8.20. The topological polar surface area (TPSA) is 39.1 Å². The number of fused-ring (bicyclic) bond motifs is 1. The van der Waals surface area contributed by atoms with Crippen molar-refractivity contribution in [1.82, 2.24) is 9.55 Å². The van der Waals surface area contributed by atoms with Gasteiger partial charge in [0.05, 0.1) is 6.20 Å². The van der Waals surface area contributed by atoms with E-state index in [2.05, 4.69) is 28.7 Å². The Morgan fingerprint density at radius 3 is 2.82 bits per heavy atom. The van der Waals surface area contributed by atoms with E-state index >= 15 is 0 Å². The minimum Gasteiger partial charge on any atom is -0.381 e. The Morgan fingerprint density at radius 1 is 1.35 bits per heavy atom. The van der Waals surface area contributed by atoms with Crippen molar-refractivity contribution in [2.24, 2.45) is 0 Å². The van der Waals surface area contributed by atoms with E-state index in [-0.39, 0.29) is 5.54 Å². The molecule has 1 saturated heterocycles. The Kier molecular flexibility index (Phi) is 2.62. The predicted octanol–water partition coefficient (Wildman–Crippen LogP) is 2.37. The van der Waals surface area contributed by atoms with Crippen LogP contribution in [0.5, 0.6) is 0 Å². The van der Waals surface area contributed by atoms with Crippen LogP contribution in [0.15, 0.2) is 6.20 Å². The highest BCUT2D eigenvalue weighted by Crippen LogP contribution is 2.35. The summed E-state index contributed by atoms with van der Waals surface area (Å²) >= 11 is 0. The highest BCUT2D eigenvalue weighted by atomic mass is 16.5. The van der Waals surface area contributed by atoms with E-state index in [1.165, 1.54) is 12.1 Å². The van der Waals surface area contributed by atoms with E-state index in [0.29, 0.717) is 5.92 Å². The lowest BCUT2D eigenvalue weighted by atomic mass is 9.85. The lowest BCUT2D eigenvalue weighted by Gasteiger charge is -2.42. The lowest BCUT2D eigenvalue weighted by Crippen LogP contribution is -2.47. The number of imidazole rings is 1. The molecular weight excluding hydrogens is 214 g/mol. The molecule has 4 heteroatoms. The summed E-state index contributed by atoms with van der Waals surface area (Å²) in [5.41, 5.74) is 1.59. The number of hydrogen-bond acceptors (Lipinski definition) is 3. The number of hydrogen-bond donors (Lipinski definition) is 1. The number of aromatic nitrogens is 2. The third-order valence-corrected chi connectivity index (χ3v) is 4.12. The molecule has 94 valence electrons. The van der Waals surface area contributed by atoms with Gasteiger partial charge in [0.25, 0.3) is 0 Å². The van der Waals surface area contributed by atoms with Crippen molar-refractivity contribution in [3.05, 3.63) is 11.9 Å². The maximum absolute atomic E-state index is 5.46. The summed E-state index contributed by atoms with van der Waals surface area (Å²) in [6, 6.07) is 0. The standard InChI is InChI=1S/C13H21N3O/c1-10(2)11-9-14-12-15-13(3-6-16(11)12)4-7-17-8-5-13/h9-10H,3-8H2,1-2H3,(H,14,15).